The monoisotopic (exact) mass is 159 g/mol. The predicted molar refractivity (Wildman–Crippen MR) is 34.5 cm³/mol. The molecule has 10 heavy (non-hydrogen) atoms. The molecule has 0 aliphatic carbocycles. The molecule has 0 spiro atoms. The van der Waals surface area contributed by atoms with Crippen molar-refractivity contribution in [3.63, 3.8) is 0 Å². The lowest BCUT2D eigenvalue weighted by atomic mass is 10.4. The topological polar surface area (TPSA) is 55.7 Å². The first-order valence-electron chi connectivity index (χ1n) is 2.58. The van der Waals surface area contributed by atoms with E-state index in [1.54, 1.807) is 6.08 Å². The van der Waals surface area contributed by atoms with E-state index in [2.05, 4.69) is 4.36 Å². The fourth-order valence-corrected chi connectivity index (χ4v) is 0.836. The molecule has 0 fully saturated rings. The first kappa shape index (κ1) is 7.01. The molecule has 0 bridgehead atoms. The molecular formula is C5H5NO3S. The summed E-state index contributed by atoms with van der Waals surface area (Å²) in [6.07, 6.45) is 4.47. The van der Waals surface area contributed by atoms with Crippen LogP contribution in [0.4, 0.5) is 0 Å². The predicted octanol–water partition coefficient (Wildman–Crippen LogP) is 0.477. The Balaban J connectivity index is 2.84. The number of nitrogens with zero attached hydrogens (tertiary/aromatic N) is 1. The fraction of sp³-hybridized carbons (Fsp3) is 0.200. The van der Waals surface area contributed by atoms with E-state index in [1.165, 1.54) is 12.3 Å². The molecule has 0 unspecified atom stereocenters. The maximum atomic E-state index is 9.99. The maximum Gasteiger partial charge on any atom is 0.316 e. The summed E-state index contributed by atoms with van der Waals surface area (Å²) in [6, 6.07) is 0. The van der Waals surface area contributed by atoms with Gasteiger partial charge in [-0.05, 0) is 12.2 Å². The lowest BCUT2D eigenvalue weighted by Gasteiger charge is -1.99. The van der Waals surface area contributed by atoms with Gasteiger partial charge in [-0.3, -0.25) is 0 Å². The molecule has 0 radical (unpaired) electrons. The summed E-state index contributed by atoms with van der Waals surface area (Å²) in [5, 5.41) is 0. The Morgan fingerprint density at radius 2 is 2.40 bits per heavy atom. The molecule has 0 aromatic carbocycles. The highest BCUT2D eigenvalue weighted by molar-refractivity contribution is 7.61. The van der Waals surface area contributed by atoms with Gasteiger partial charge < -0.3 is 4.74 Å². The van der Waals surface area contributed by atoms with Crippen LogP contribution in [-0.4, -0.2) is 15.0 Å². The highest BCUT2D eigenvalue weighted by Gasteiger charge is 1.93. The van der Waals surface area contributed by atoms with Crippen molar-refractivity contribution >= 4 is 10.5 Å². The molecule has 0 aromatic heterocycles. The second kappa shape index (κ2) is 3.17. The smallest absolute Gasteiger partial charge is 0.316 e. The van der Waals surface area contributed by atoms with E-state index < -0.39 is 10.5 Å². The van der Waals surface area contributed by atoms with Gasteiger partial charge in [0.1, 0.15) is 6.61 Å². The zero-order valence-corrected chi connectivity index (χ0v) is 5.84. The van der Waals surface area contributed by atoms with E-state index in [4.69, 9.17) is 4.74 Å². The van der Waals surface area contributed by atoms with E-state index in [1.807, 2.05) is 0 Å². The molecule has 0 saturated carbocycles. The Morgan fingerprint density at radius 1 is 1.60 bits per heavy atom. The SMILES string of the molecule is O=S(=O)=NC1=CCOC=C1. The van der Waals surface area contributed by atoms with Gasteiger partial charge in [-0.2, -0.15) is 8.42 Å². The molecule has 0 saturated heterocycles. The van der Waals surface area contributed by atoms with Crippen LogP contribution >= 0.6 is 0 Å². The molecule has 0 aromatic rings. The first-order chi connectivity index (χ1) is 4.79. The third kappa shape index (κ3) is 2.02. The summed E-state index contributed by atoms with van der Waals surface area (Å²) in [4.78, 5) is 0. The molecule has 54 valence electrons. The Labute approximate surface area is 59.5 Å². The van der Waals surface area contributed by atoms with Gasteiger partial charge in [-0.1, -0.05) is 0 Å². The number of hydrogen-bond donors (Lipinski definition) is 0. The summed E-state index contributed by atoms with van der Waals surface area (Å²) < 4.78 is 28.0. The standard InChI is InChI=1S/C5H5NO3S/c7-10(8)6-5-1-3-9-4-2-5/h1-3H,4H2. The van der Waals surface area contributed by atoms with E-state index in [-0.39, 0.29) is 0 Å². The van der Waals surface area contributed by atoms with E-state index in [0.29, 0.717) is 12.3 Å². The second-order valence-corrected chi connectivity index (χ2v) is 2.19. The largest absolute Gasteiger partial charge is 0.497 e. The number of rotatable bonds is 1. The normalized spacial score (nSPS) is 15.4. The zero-order chi connectivity index (χ0) is 7.40. The minimum atomic E-state index is -2.36. The molecule has 1 rings (SSSR count). The van der Waals surface area contributed by atoms with E-state index >= 15 is 0 Å². The number of allylic oxidation sites excluding steroid dienone is 1. The zero-order valence-electron chi connectivity index (χ0n) is 5.02. The van der Waals surface area contributed by atoms with Gasteiger partial charge >= 0.3 is 10.5 Å². The third-order valence-corrected chi connectivity index (χ3v) is 1.26. The van der Waals surface area contributed by atoms with Crippen LogP contribution in [0.15, 0.2) is 28.5 Å². The molecule has 0 N–H and O–H groups in total. The molecule has 4 nitrogen and oxygen atoms in total. The van der Waals surface area contributed by atoms with Gasteiger partial charge in [0.2, 0.25) is 0 Å². The average molecular weight is 159 g/mol. The lowest BCUT2D eigenvalue weighted by Crippen LogP contribution is -1.89. The van der Waals surface area contributed by atoms with Crippen LogP contribution in [0, 0.1) is 0 Å². The fourth-order valence-electron chi connectivity index (χ4n) is 0.529. The van der Waals surface area contributed by atoms with E-state index in [9.17, 15) is 8.42 Å². The van der Waals surface area contributed by atoms with Crippen molar-refractivity contribution in [3.05, 3.63) is 24.1 Å². The highest BCUT2D eigenvalue weighted by atomic mass is 32.2. The van der Waals surface area contributed by atoms with Crippen molar-refractivity contribution in [2.75, 3.05) is 6.61 Å². The Bertz CT molecular complexity index is 291. The molecule has 0 amide bonds. The van der Waals surface area contributed by atoms with E-state index in [0.717, 1.165) is 0 Å². The van der Waals surface area contributed by atoms with Crippen molar-refractivity contribution in [3.8, 4) is 0 Å². The summed E-state index contributed by atoms with van der Waals surface area (Å²) >= 11 is 0. The molecule has 1 aliphatic rings. The Kier molecular flexibility index (Phi) is 2.22. The summed E-state index contributed by atoms with van der Waals surface area (Å²) in [5.74, 6) is 0. The second-order valence-electron chi connectivity index (χ2n) is 1.57. The van der Waals surface area contributed by atoms with Crippen molar-refractivity contribution in [1.29, 1.82) is 0 Å². The van der Waals surface area contributed by atoms with Gasteiger partial charge in [-0.25, -0.2) is 0 Å². The van der Waals surface area contributed by atoms with Crippen LogP contribution in [-0.2, 0) is 15.2 Å². The minimum absolute atomic E-state index is 0.381. The van der Waals surface area contributed by atoms with Crippen LogP contribution in [0.2, 0.25) is 0 Å². The van der Waals surface area contributed by atoms with Crippen LogP contribution in [0.1, 0.15) is 0 Å². The summed E-state index contributed by atoms with van der Waals surface area (Å²) in [7, 11) is -2.36. The molecule has 0 atom stereocenters. The Hall–Kier alpha value is -1.10. The van der Waals surface area contributed by atoms with Gasteiger partial charge in [0.15, 0.2) is 0 Å². The van der Waals surface area contributed by atoms with Gasteiger partial charge in [0.05, 0.1) is 12.0 Å². The lowest BCUT2D eigenvalue weighted by molar-refractivity contribution is 0.284. The van der Waals surface area contributed by atoms with Crippen LogP contribution in [0.5, 0.6) is 0 Å². The Morgan fingerprint density at radius 3 is 2.90 bits per heavy atom. The number of hydrogen-bond acceptors (Lipinski definition) is 4. The molecular weight excluding hydrogens is 154 g/mol. The maximum absolute atomic E-state index is 9.99. The van der Waals surface area contributed by atoms with Crippen molar-refractivity contribution in [2.45, 2.75) is 0 Å². The van der Waals surface area contributed by atoms with Crippen molar-refractivity contribution in [1.82, 2.24) is 0 Å². The highest BCUT2D eigenvalue weighted by Crippen LogP contribution is 2.03. The van der Waals surface area contributed by atoms with Crippen LogP contribution in [0.25, 0.3) is 0 Å². The number of ether oxygens (including phenoxy) is 1. The quantitative estimate of drug-likeness (QED) is 0.559. The molecule has 1 aliphatic heterocycles. The first-order valence-corrected chi connectivity index (χ1v) is 3.61. The van der Waals surface area contributed by atoms with Crippen LogP contribution < -0.4 is 0 Å². The van der Waals surface area contributed by atoms with Crippen molar-refractivity contribution in [2.24, 2.45) is 4.36 Å². The summed E-state index contributed by atoms with van der Waals surface area (Å²) in [5.41, 5.74) is 0.416. The van der Waals surface area contributed by atoms with Crippen molar-refractivity contribution < 1.29 is 13.2 Å². The van der Waals surface area contributed by atoms with Gasteiger partial charge in [0, 0.05) is 0 Å². The summed E-state index contributed by atoms with van der Waals surface area (Å²) in [6.45, 7) is 0.381. The molecule has 1 heterocycles. The third-order valence-electron chi connectivity index (χ3n) is 0.904. The van der Waals surface area contributed by atoms with Gasteiger partial charge in [0.25, 0.3) is 0 Å². The van der Waals surface area contributed by atoms with Gasteiger partial charge in [-0.15, -0.1) is 4.36 Å². The van der Waals surface area contributed by atoms with Crippen LogP contribution in [0.3, 0.4) is 0 Å². The molecule has 5 heteroatoms. The minimum Gasteiger partial charge on any atom is -0.497 e. The average Bonchev–Trinajstić information content (AvgIpc) is 1.88.